The molecule has 520 valence electrons. The molecule has 0 saturated heterocycles. The summed E-state index contributed by atoms with van der Waals surface area (Å²) in [5, 5.41) is 59.8. The predicted molar refractivity (Wildman–Crippen MR) is 404 cm³/mol. The number of carbonyl (C=O) groups excluding carboxylic acids is 4. The molecule has 104 heavy (non-hydrogen) atoms. The summed E-state index contributed by atoms with van der Waals surface area (Å²) in [6, 6.07) is 67.7. The molecule has 12 aromatic rings. The van der Waals surface area contributed by atoms with Crippen molar-refractivity contribution >= 4 is 69.2 Å². The lowest BCUT2D eigenvalue weighted by atomic mass is 10.1. The maximum atomic E-state index is 13.0. The number of benzene rings is 8. The fourth-order valence-electron chi connectivity index (χ4n) is 12.3. The Kier molecular flexibility index (Phi) is 19.7. The van der Waals surface area contributed by atoms with Gasteiger partial charge in [-0.3, -0.25) is 19.2 Å². The first kappa shape index (κ1) is 69.4. The quantitative estimate of drug-likeness (QED) is 0.111. The van der Waals surface area contributed by atoms with Crippen molar-refractivity contribution in [1.29, 1.82) is 0 Å². The summed E-state index contributed by atoms with van der Waals surface area (Å²) in [7, 11) is 0. The number of hydrazone groups is 4. The number of aromatic nitrogens is 12. The molecule has 0 bridgehead atoms. The van der Waals surface area contributed by atoms with Crippen molar-refractivity contribution in [3.63, 3.8) is 0 Å². The molecule has 4 aromatic heterocycles. The van der Waals surface area contributed by atoms with Crippen LogP contribution >= 0.6 is 0 Å². The van der Waals surface area contributed by atoms with Crippen LogP contribution in [-0.2, 0) is 19.2 Å². The molecule has 0 radical (unpaired) electrons. The number of carbonyl (C=O) groups is 4. The van der Waals surface area contributed by atoms with Crippen LogP contribution in [0.2, 0.25) is 0 Å². The van der Waals surface area contributed by atoms with Crippen LogP contribution in [0.4, 0.5) is 22.7 Å². The molecule has 8 heterocycles. The van der Waals surface area contributed by atoms with E-state index < -0.39 is 24.2 Å². The van der Waals surface area contributed by atoms with Crippen LogP contribution in [0.25, 0.3) is 45.0 Å². The van der Waals surface area contributed by atoms with Crippen molar-refractivity contribution in [2.24, 2.45) is 20.4 Å². The average Bonchev–Trinajstić information content (AvgIpc) is 1.64. The highest BCUT2D eigenvalue weighted by atomic mass is 16.2. The fourth-order valence-corrected chi connectivity index (χ4v) is 12.3. The lowest BCUT2D eigenvalue weighted by Crippen LogP contribution is -2.30. The molecule has 24 nitrogen and oxygen atoms in total. The summed E-state index contributed by atoms with van der Waals surface area (Å²) >= 11 is 0. The van der Waals surface area contributed by atoms with Crippen LogP contribution < -0.4 is 20.0 Å². The lowest BCUT2D eigenvalue weighted by molar-refractivity contribution is -0.120. The van der Waals surface area contributed by atoms with Gasteiger partial charge < -0.3 is 0 Å². The van der Waals surface area contributed by atoms with Crippen LogP contribution in [0.1, 0.15) is 96.9 Å². The van der Waals surface area contributed by atoms with E-state index in [1.54, 1.807) is 0 Å². The van der Waals surface area contributed by atoms with Gasteiger partial charge in [0.15, 0.2) is 24.2 Å². The summed E-state index contributed by atoms with van der Waals surface area (Å²) in [4.78, 5) is 57.8. The van der Waals surface area contributed by atoms with E-state index in [0.717, 1.165) is 113 Å². The molecular weight excluding hydrogens is 1310 g/mol. The summed E-state index contributed by atoms with van der Waals surface area (Å²) < 4.78 is 0. The molecule has 0 aliphatic carbocycles. The first-order chi connectivity index (χ1) is 50.2. The molecule has 0 fully saturated rings. The molecule has 4 unspecified atom stereocenters. The number of hydrogen-bond donors (Lipinski definition) is 0. The third-order valence-electron chi connectivity index (χ3n) is 17.8. The minimum absolute atomic E-state index is 0.152. The van der Waals surface area contributed by atoms with Gasteiger partial charge in [0.2, 0.25) is 0 Å². The summed E-state index contributed by atoms with van der Waals surface area (Å²) in [6.45, 7) is 23.0. The second kappa shape index (κ2) is 29.6. The van der Waals surface area contributed by atoms with E-state index in [1.807, 2.05) is 301 Å². The van der Waals surface area contributed by atoms with E-state index in [9.17, 15) is 19.2 Å². The molecule has 4 aliphatic rings. The van der Waals surface area contributed by atoms with E-state index in [1.165, 1.54) is 39.2 Å². The molecule has 0 N–H and O–H groups in total. The Morgan fingerprint density at radius 3 is 0.567 bits per heavy atom. The van der Waals surface area contributed by atoms with Crippen LogP contribution in [0.5, 0.6) is 0 Å². The maximum Gasteiger partial charge on any atom is 0.280 e. The smallest absolute Gasteiger partial charge is 0.269 e. The lowest BCUT2D eigenvalue weighted by Gasteiger charge is -2.14. The zero-order valence-corrected chi connectivity index (χ0v) is 59.7. The van der Waals surface area contributed by atoms with Gasteiger partial charge in [0.05, 0.1) is 68.4 Å². The molecular formula is C80H76N20O4. The molecule has 4 amide bonds. The van der Waals surface area contributed by atoms with E-state index >= 15 is 0 Å². The van der Waals surface area contributed by atoms with Crippen molar-refractivity contribution < 1.29 is 19.2 Å². The second-order valence-corrected chi connectivity index (χ2v) is 25.8. The number of amides is 4. The van der Waals surface area contributed by atoms with E-state index in [2.05, 4.69) is 61.2 Å². The zero-order valence-electron chi connectivity index (χ0n) is 59.7. The van der Waals surface area contributed by atoms with Gasteiger partial charge in [0.25, 0.3) is 23.6 Å². The maximum absolute atomic E-state index is 13.0. The van der Waals surface area contributed by atoms with Crippen molar-refractivity contribution in [2.45, 2.75) is 107 Å². The number of aryl methyl sites for hydroxylation is 8. The van der Waals surface area contributed by atoms with Crippen molar-refractivity contribution in [3.05, 3.63) is 263 Å². The fraction of sp³-hybridized carbons (Fsp3) is 0.200. The van der Waals surface area contributed by atoms with Gasteiger partial charge >= 0.3 is 0 Å². The summed E-state index contributed by atoms with van der Waals surface area (Å²) in [5.41, 5.74) is 20.4. The third-order valence-corrected chi connectivity index (χ3v) is 17.8. The molecule has 0 saturated carbocycles. The predicted octanol–water partition coefficient (Wildman–Crippen LogP) is 14.1. The first-order valence-electron chi connectivity index (χ1n) is 34.0. The highest BCUT2D eigenvalue weighted by Crippen LogP contribution is 2.34. The monoisotopic (exact) mass is 1380 g/mol. The van der Waals surface area contributed by atoms with Gasteiger partial charge in [-0.15, -0.1) is 0 Å². The number of rotatable bonds is 12. The number of anilines is 4. The van der Waals surface area contributed by atoms with Crippen molar-refractivity contribution in [2.75, 3.05) is 20.0 Å². The highest BCUT2D eigenvalue weighted by Gasteiger charge is 2.42. The van der Waals surface area contributed by atoms with E-state index in [-0.39, 0.29) is 23.6 Å². The SMILES string of the molecule is CC1=NN(c2ccc(C)cc2)C(=O)C1n1nc(C)c(-c2ccccc2)n1.CC1=NN(c2ccc(C)cc2)C(=O)C1n1nc(C)c(-c2ccccc2)n1.CC1=NN(c2ccc(C)cc2)C(=O)C1n1nc(C)c(-c2ccccc2)n1.CC1=NN(c2ccc(C)cc2)C(=O)C1n1nc(C)c(-c2ccccc2)n1. The Labute approximate surface area is 601 Å². The van der Waals surface area contributed by atoms with Gasteiger partial charge in [-0.05, 0) is 132 Å². The topological polar surface area (TPSA) is 254 Å². The average molecular weight is 1380 g/mol. The van der Waals surface area contributed by atoms with Crippen LogP contribution in [-0.4, -0.2) is 106 Å². The Morgan fingerprint density at radius 1 is 0.221 bits per heavy atom. The molecule has 0 spiro atoms. The van der Waals surface area contributed by atoms with Gasteiger partial charge in [-0.25, -0.2) is 0 Å². The Morgan fingerprint density at radius 2 is 0.394 bits per heavy atom. The van der Waals surface area contributed by atoms with Gasteiger partial charge in [-0.2, -0.15) is 100 Å². The molecule has 4 atom stereocenters. The van der Waals surface area contributed by atoms with E-state index in [0.29, 0.717) is 22.8 Å². The molecule has 16 rings (SSSR count). The summed E-state index contributed by atoms with van der Waals surface area (Å²) in [5.74, 6) is -0.608. The van der Waals surface area contributed by atoms with Gasteiger partial charge in [0.1, 0.15) is 22.8 Å². The first-order valence-corrected chi connectivity index (χ1v) is 34.0. The Hall–Kier alpha value is -13.1. The van der Waals surface area contributed by atoms with E-state index in [4.69, 9.17) is 0 Å². The number of nitrogens with zero attached hydrogens (tertiary/aromatic N) is 20. The largest absolute Gasteiger partial charge is 0.280 e. The normalized spacial score (nSPS) is 16.9. The number of hydrogen-bond acceptors (Lipinski definition) is 16. The standard InChI is InChI=1S/4C20H19N5O/c4*1-13-9-11-17(12-10-13)24-20(26)19(15(3)21-24)25-22-14(2)18(23-25)16-7-5-4-6-8-16/h4*4-12,19H,1-3H3. The molecule has 4 aliphatic heterocycles. The van der Waals surface area contributed by atoms with Crippen LogP contribution in [0.15, 0.2) is 239 Å². The Balaban J connectivity index is 0.000000123. The van der Waals surface area contributed by atoms with Gasteiger partial charge in [-0.1, -0.05) is 192 Å². The van der Waals surface area contributed by atoms with Gasteiger partial charge in [0, 0.05) is 22.3 Å². The van der Waals surface area contributed by atoms with Crippen molar-refractivity contribution in [1.82, 2.24) is 60.0 Å². The van der Waals surface area contributed by atoms with Crippen molar-refractivity contribution in [3.8, 4) is 45.0 Å². The highest BCUT2D eigenvalue weighted by molar-refractivity contribution is 6.18. The minimum atomic E-state index is -0.618. The van der Waals surface area contributed by atoms with Crippen LogP contribution in [0.3, 0.4) is 0 Å². The minimum Gasteiger partial charge on any atom is -0.269 e. The third kappa shape index (κ3) is 14.3. The molecule has 24 heteroatoms. The summed E-state index contributed by atoms with van der Waals surface area (Å²) in [6.07, 6.45) is 0. The Bertz CT molecular complexity index is 4620. The zero-order chi connectivity index (χ0) is 73.0. The second-order valence-electron chi connectivity index (χ2n) is 25.8. The van der Waals surface area contributed by atoms with Crippen LogP contribution in [0, 0.1) is 55.4 Å². The molecule has 8 aromatic carbocycles.